The molecule has 1 aromatic rings. The van der Waals surface area contributed by atoms with E-state index in [0.717, 1.165) is 24.2 Å². The van der Waals surface area contributed by atoms with Crippen LogP contribution < -0.4 is 9.80 Å². The van der Waals surface area contributed by atoms with Gasteiger partial charge in [-0.1, -0.05) is 25.6 Å². The van der Waals surface area contributed by atoms with E-state index in [9.17, 15) is 13.2 Å². The van der Waals surface area contributed by atoms with Crippen LogP contribution in [0.3, 0.4) is 0 Å². The molecule has 2 aliphatic heterocycles. The molecule has 27 heavy (non-hydrogen) atoms. The molecule has 2 fully saturated rings. The Bertz CT molecular complexity index is 830. The molecule has 0 spiro atoms. The maximum Gasteiger partial charge on any atom is 0.251 e. The maximum atomic E-state index is 12.6. The van der Waals surface area contributed by atoms with Crippen LogP contribution in [0.2, 0.25) is 0 Å². The molecule has 148 valence electrons. The van der Waals surface area contributed by atoms with Crippen molar-refractivity contribution in [2.24, 2.45) is 10.9 Å². The average Bonchev–Trinajstić information content (AvgIpc) is 3.06. The summed E-state index contributed by atoms with van der Waals surface area (Å²) in [4.78, 5) is 21.0. The minimum atomic E-state index is -3.06. The van der Waals surface area contributed by atoms with Crippen molar-refractivity contribution in [2.75, 3.05) is 35.4 Å². The number of nitrogens with zero attached hydrogens (tertiary/aromatic N) is 3. The zero-order valence-corrected chi connectivity index (χ0v) is 17.9. The topological polar surface area (TPSA) is 70.0 Å². The largest absolute Gasteiger partial charge is 0.378 e. The Morgan fingerprint density at radius 1 is 1.22 bits per heavy atom. The Morgan fingerprint density at radius 2 is 1.85 bits per heavy atom. The van der Waals surface area contributed by atoms with Crippen LogP contribution in [0, 0.1) is 5.92 Å². The van der Waals surface area contributed by atoms with Crippen LogP contribution in [-0.2, 0) is 14.6 Å². The minimum Gasteiger partial charge on any atom is -0.378 e. The number of carbonyl (C=O) groups is 1. The molecule has 0 N–H and O–H groups in total. The van der Waals surface area contributed by atoms with Crippen LogP contribution in [0.15, 0.2) is 29.3 Å². The lowest BCUT2D eigenvalue weighted by Crippen LogP contribution is -2.38. The molecular formula is C19H27N3O3S2. The van der Waals surface area contributed by atoms with Gasteiger partial charge >= 0.3 is 0 Å². The molecule has 8 heteroatoms. The van der Waals surface area contributed by atoms with E-state index in [0.29, 0.717) is 5.17 Å². The van der Waals surface area contributed by atoms with E-state index >= 15 is 0 Å². The van der Waals surface area contributed by atoms with Crippen molar-refractivity contribution in [3.63, 3.8) is 0 Å². The van der Waals surface area contributed by atoms with Gasteiger partial charge < -0.3 is 9.80 Å². The Hall–Kier alpha value is -1.54. The highest BCUT2D eigenvalue weighted by Gasteiger charge is 2.49. The number of rotatable bonds is 5. The van der Waals surface area contributed by atoms with Crippen molar-refractivity contribution in [3.05, 3.63) is 24.3 Å². The summed E-state index contributed by atoms with van der Waals surface area (Å²) in [5.41, 5.74) is 1.95. The summed E-state index contributed by atoms with van der Waals surface area (Å²) < 4.78 is 24.3. The van der Waals surface area contributed by atoms with Crippen molar-refractivity contribution in [1.29, 1.82) is 0 Å². The first-order valence-corrected chi connectivity index (χ1v) is 12.0. The summed E-state index contributed by atoms with van der Waals surface area (Å²) in [6, 6.07) is 7.77. The second kappa shape index (κ2) is 7.83. The fourth-order valence-electron chi connectivity index (χ4n) is 3.60. The fourth-order valence-corrected chi connectivity index (χ4v) is 7.52. The van der Waals surface area contributed by atoms with E-state index in [2.05, 4.69) is 4.99 Å². The number of carbonyl (C=O) groups excluding carboxylic acids is 1. The van der Waals surface area contributed by atoms with Crippen LogP contribution in [0.1, 0.15) is 26.7 Å². The maximum absolute atomic E-state index is 12.6. The number of amides is 1. The fraction of sp³-hybridized carbons (Fsp3) is 0.579. The number of sulfone groups is 1. The quantitative estimate of drug-likeness (QED) is 0.745. The highest BCUT2D eigenvalue weighted by Crippen LogP contribution is 2.41. The second-order valence-electron chi connectivity index (χ2n) is 7.33. The molecule has 6 nitrogen and oxygen atoms in total. The van der Waals surface area contributed by atoms with Crippen molar-refractivity contribution in [1.82, 2.24) is 0 Å². The Labute approximate surface area is 165 Å². The molecule has 2 saturated heterocycles. The van der Waals surface area contributed by atoms with E-state index in [1.165, 1.54) is 11.8 Å². The van der Waals surface area contributed by atoms with Gasteiger partial charge in [0.05, 0.1) is 17.5 Å². The summed E-state index contributed by atoms with van der Waals surface area (Å²) >= 11 is 1.43. The first kappa shape index (κ1) is 20.2. The normalized spacial score (nSPS) is 25.2. The first-order valence-electron chi connectivity index (χ1n) is 9.32. The molecule has 2 aliphatic rings. The third-order valence-electron chi connectivity index (χ3n) is 5.25. The minimum absolute atomic E-state index is 0.0724. The number of hydrogen-bond donors (Lipinski definition) is 0. The molecule has 1 amide bonds. The number of aliphatic imine (C=N–C) groups is 1. The molecule has 1 aromatic carbocycles. The molecule has 2 heterocycles. The smallest absolute Gasteiger partial charge is 0.251 e. The molecular weight excluding hydrogens is 382 g/mol. The van der Waals surface area contributed by atoms with E-state index in [1.54, 1.807) is 0 Å². The summed E-state index contributed by atoms with van der Waals surface area (Å²) in [6.07, 6.45) is 1.52. The van der Waals surface area contributed by atoms with Crippen molar-refractivity contribution >= 4 is 44.0 Å². The van der Waals surface area contributed by atoms with Gasteiger partial charge in [-0.25, -0.2) is 8.42 Å². The molecule has 3 rings (SSSR count). The molecule has 0 aliphatic carbocycles. The van der Waals surface area contributed by atoms with Gasteiger partial charge in [0.1, 0.15) is 0 Å². The average molecular weight is 410 g/mol. The summed E-state index contributed by atoms with van der Waals surface area (Å²) in [7, 11) is 0.891. The molecule has 2 atom stereocenters. The predicted octanol–water partition coefficient (Wildman–Crippen LogP) is 2.79. The number of anilines is 2. The standard InChI is InChI=1S/C19H27N3O3S2/c1-5-13(6-2)18(23)20-19-22(15-9-7-14(8-10-15)21(3)4)16-11-27(24,25)12-17(16)26-19/h7-10,13,16-17H,5-6,11-12H2,1-4H3. The number of fused-ring (bicyclic) bond motifs is 1. The van der Waals surface area contributed by atoms with E-state index in [4.69, 9.17) is 0 Å². The van der Waals surface area contributed by atoms with Gasteiger partial charge in [0.15, 0.2) is 15.0 Å². The van der Waals surface area contributed by atoms with Crippen LogP contribution in [0.4, 0.5) is 11.4 Å². The number of hydrogen-bond acceptors (Lipinski definition) is 5. The van der Waals surface area contributed by atoms with Crippen LogP contribution in [0.5, 0.6) is 0 Å². The van der Waals surface area contributed by atoms with Crippen molar-refractivity contribution in [2.45, 2.75) is 38.0 Å². The number of benzene rings is 1. The van der Waals surface area contributed by atoms with Crippen LogP contribution in [-0.4, -0.2) is 56.4 Å². The van der Waals surface area contributed by atoms with Gasteiger partial charge in [0, 0.05) is 36.6 Å². The summed E-state index contributed by atoms with van der Waals surface area (Å²) in [5, 5.41) is 0.561. The lowest BCUT2D eigenvalue weighted by Gasteiger charge is -2.25. The highest BCUT2D eigenvalue weighted by molar-refractivity contribution is 8.16. The number of amidine groups is 1. The molecule has 0 aromatic heterocycles. The molecule has 0 saturated carbocycles. The zero-order chi connectivity index (χ0) is 19.8. The lowest BCUT2D eigenvalue weighted by molar-refractivity contribution is -0.121. The Balaban J connectivity index is 1.96. The first-order chi connectivity index (χ1) is 12.8. The van der Waals surface area contributed by atoms with Gasteiger partial charge in [-0.2, -0.15) is 4.99 Å². The summed E-state index contributed by atoms with van der Waals surface area (Å²) in [6.45, 7) is 3.99. The van der Waals surface area contributed by atoms with E-state index < -0.39 is 9.84 Å². The zero-order valence-electron chi connectivity index (χ0n) is 16.3. The van der Waals surface area contributed by atoms with Crippen LogP contribution >= 0.6 is 11.8 Å². The van der Waals surface area contributed by atoms with Crippen LogP contribution in [0.25, 0.3) is 0 Å². The molecule has 0 radical (unpaired) electrons. The van der Waals surface area contributed by atoms with Gasteiger partial charge in [0.2, 0.25) is 0 Å². The predicted molar refractivity (Wildman–Crippen MR) is 114 cm³/mol. The monoisotopic (exact) mass is 409 g/mol. The Morgan fingerprint density at radius 3 is 2.41 bits per heavy atom. The molecule has 0 bridgehead atoms. The van der Waals surface area contributed by atoms with Gasteiger partial charge in [-0.15, -0.1) is 0 Å². The van der Waals surface area contributed by atoms with E-state index in [1.807, 2.05) is 62.0 Å². The lowest BCUT2D eigenvalue weighted by atomic mass is 10.0. The number of thioether (sulfide) groups is 1. The Kier molecular flexibility index (Phi) is 5.86. The highest BCUT2D eigenvalue weighted by atomic mass is 32.2. The van der Waals surface area contributed by atoms with Gasteiger partial charge in [0.25, 0.3) is 5.91 Å². The third kappa shape index (κ3) is 4.16. The van der Waals surface area contributed by atoms with Gasteiger partial charge in [-0.05, 0) is 37.1 Å². The van der Waals surface area contributed by atoms with E-state index in [-0.39, 0.29) is 34.6 Å². The second-order valence-corrected chi connectivity index (χ2v) is 10.7. The van der Waals surface area contributed by atoms with Crippen molar-refractivity contribution < 1.29 is 13.2 Å². The third-order valence-corrected chi connectivity index (χ3v) is 8.46. The SMILES string of the molecule is CCC(CC)C(=O)N=C1SC2CS(=O)(=O)CC2N1c1ccc(N(C)C)cc1. The molecule has 2 unspecified atom stereocenters. The van der Waals surface area contributed by atoms with Crippen molar-refractivity contribution in [3.8, 4) is 0 Å². The van der Waals surface area contributed by atoms with Gasteiger partial charge in [-0.3, -0.25) is 4.79 Å². The summed E-state index contributed by atoms with van der Waals surface area (Å²) in [5.74, 6) is 0.0611.